The number of nitrogen functional groups attached to an aromatic ring is 1. The van der Waals surface area contributed by atoms with Crippen LogP contribution in [0.2, 0.25) is 0 Å². The highest BCUT2D eigenvalue weighted by Crippen LogP contribution is 2.20. The van der Waals surface area contributed by atoms with Gasteiger partial charge in [0.05, 0.1) is 0 Å². The van der Waals surface area contributed by atoms with Crippen LogP contribution in [0.3, 0.4) is 0 Å². The van der Waals surface area contributed by atoms with Crippen LogP contribution in [-0.2, 0) is 0 Å². The van der Waals surface area contributed by atoms with Crippen LogP contribution in [0.5, 0.6) is 0 Å². The van der Waals surface area contributed by atoms with Gasteiger partial charge in [0, 0.05) is 18.0 Å². The molecule has 0 atom stereocenters. The van der Waals surface area contributed by atoms with Crippen LogP contribution in [0.15, 0.2) is 0 Å². The summed E-state index contributed by atoms with van der Waals surface area (Å²) in [7, 11) is 0. The summed E-state index contributed by atoms with van der Waals surface area (Å²) in [5.41, 5.74) is 6.91. The molecule has 114 valence electrons. The van der Waals surface area contributed by atoms with Crippen molar-refractivity contribution in [1.29, 1.82) is 0 Å². The van der Waals surface area contributed by atoms with E-state index in [1.807, 2.05) is 6.92 Å². The van der Waals surface area contributed by atoms with Gasteiger partial charge in [0.15, 0.2) is 0 Å². The van der Waals surface area contributed by atoms with E-state index in [9.17, 15) is 0 Å². The average molecular weight is 278 g/mol. The predicted octanol–water partition coefficient (Wildman–Crippen LogP) is 4.26. The van der Waals surface area contributed by atoms with Crippen LogP contribution in [0.1, 0.15) is 76.6 Å². The third kappa shape index (κ3) is 5.35. The van der Waals surface area contributed by atoms with E-state index in [2.05, 4.69) is 36.1 Å². The zero-order valence-corrected chi connectivity index (χ0v) is 13.5. The summed E-state index contributed by atoms with van der Waals surface area (Å²) >= 11 is 0. The Balaban J connectivity index is 2.43. The van der Waals surface area contributed by atoms with E-state index in [0.29, 0.717) is 11.7 Å². The molecule has 1 rings (SSSR count). The van der Waals surface area contributed by atoms with Gasteiger partial charge in [-0.15, -0.1) is 0 Å². The Hall–Kier alpha value is -1.32. The van der Waals surface area contributed by atoms with Gasteiger partial charge in [-0.1, -0.05) is 52.9 Å². The van der Waals surface area contributed by atoms with Crippen molar-refractivity contribution < 1.29 is 0 Å². The third-order valence-electron chi connectivity index (χ3n) is 3.54. The Labute approximate surface area is 123 Å². The average Bonchev–Trinajstić information content (AvgIpc) is 2.41. The lowest BCUT2D eigenvalue weighted by molar-refractivity contribution is 0.616. The summed E-state index contributed by atoms with van der Waals surface area (Å²) < 4.78 is 0. The van der Waals surface area contributed by atoms with Crippen LogP contribution in [0.25, 0.3) is 0 Å². The summed E-state index contributed by atoms with van der Waals surface area (Å²) in [5, 5.41) is 3.41. The van der Waals surface area contributed by atoms with Gasteiger partial charge < -0.3 is 11.1 Å². The van der Waals surface area contributed by atoms with Crippen molar-refractivity contribution in [3.63, 3.8) is 0 Å². The lowest BCUT2D eigenvalue weighted by atomic mass is 10.1. The first-order chi connectivity index (χ1) is 9.56. The van der Waals surface area contributed by atoms with E-state index in [0.717, 1.165) is 23.8 Å². The summed E-state index contributed by atoms with van der Waals surface area (Å²) in [6, 6.07) is 0. The van der Waals surface area contributed by atoms with E-state index >= 15 is 0 Å². The summed E-state index contributed by atoms with van der Waals surface area (Å²) in [5.74, 6) is 2.61. The Bertz CT molecular complexity index is 402. The molecule has 0 fully saturated rings. The molecular weight excluding hydrogens is 248 g/mol. The highest BCUT2D eigenvalue weighted by atomic mass is 15.1. The van der Waals surface area contributed by atoms with Gasteiger partial charge in [0.25, 0.3) is 0 Å². The second kappa shape index (κ2) is 8.77. The second-order valence-electron chi connectivity index (χ2n) is 5.79. The molecule has 0 bridgehead atoms. The van der Waals surface area contributed by atoms with Gasteiger partial charge in [-0.2, -0.15) is 0 Å². The molecule has 0 aliphatic rings. The molecule has 0 amide bonds. The number of anilines is 2. The molecule has 0 radical (unpaired) electrons. The fourth-order valence-corrected chi connectivity index (χ4v) is 2.09. The van der Waals surface area contributed by atoms with E-state index < -0.39 is 0 Å². The topological polar surface area (TPSA) is 63.8 Å². The van der Waals surface area contributed by atoms with Crippen LogP contribution in [-0.4, -0.2) is 16.5 Å². The van der Waals surface area contributed by atoms with Crippen LogP contribution < -0.4 is 11.1 Å². The van der Waals surface area contributed by atoms with Gasteiger partial charge >= 0.3 is 0 Å². The van der Waals surface area contributed by atoms with E-state index in [-0.39, 0.29) is 0 Å². The Morgan fingerprint density at radius 3 is 2.35 bits per heavy atom. The van der Waals surface area contributed by atoms with Crippen LogP contribution in [0, 0.1) is 6.92 Å². The second-order valence-corrected chi connectivity index (χ2v) is 5.79. The monoisotopic (exact) mass is 278 g/mol. The molecule has 4 nitrogen and oxygen atoms in total. The van der Waals surface area contributed by atoms with Gasteiger partial charge in [0.2, 0.25) is 0 Å². The summed E-state index contributed by atoms with van der Waals surface area (Å²) in [4.78, 5) is 8.92. The molecular formula is C16H30N4. The first-order valence-electron chi connectivity index (χ1n) is 7.94. The predicted molar refractivity (Wildman–Crippen MR) is 87.1 cm³/mol. The molecule has 0 aliphatic heterocycles. The van der Waals surface area contributed by atoms with Crippen molar-refractivity contribution >= 4 is 11.6 Å². The maximum atomic E-state index is 5.95. The van der Waals surface area contributed by atoms with E-state index in [1.54, 1.807) is 0 Å². The van der Waals surface area contributed by atoms with Gasteiger partial charge in [-0.3, -0.25) is 0 Å². The fraction of sp³-hybridized carbons (Fsp3) is 0.750. The van der Waals surface area contributed by atoms with Crippen molar-refractivity contribution in [1.82, 2.24) is 9.97 Å². The highest BCUT2D eigenvalue weighted by Gasteiger charge is 2.10. The van der Waals surface area contributed by atoms with Gasteiger partial charge in [-0.25, -0.2) is 9.97 Å². The minimum Gasteiger partial charge on any atom is -0.383 e. The Morgan fingerprint density at radius 1 is 1.05 bits per heavy atom. The number of unbranched alkanes of at least 4 members (excludes halogenated alkanes) is 5. The quantitative estimate of drug-likeness (QED) is 0.662. The van der Waals surface area contributed by atoms with Crippen molar-refractivity contribution in [2.45, 2.75) is 72.1 Å². The highest BCUT2D eigenvalue weighted by molar-refractivity contribution is 5.54. The zero-order chi connectivity index (χ0) is 15.0. The van der Waals surface area contributed by atoms with Crippen molar-refractivity contribution in [2.24, 2.45) is 0 Å². The van der Waals surface area contributed by atoms with Crippen molar-refractivity contribution in [3.8, 4) is 0 Å². The largest absolute Gasteiger partial charge is 0.383 e. The summed E-state index contributed by atoms with van der Waals surface area (Å²) in [6.07, 6.45) is 7.81. The van der Waals surface area contributed by atoms with Crippen molar-refractivity contribution in [2.75, 3.05) is 17.6 Å². The maximum absolute atomic E-state index is 5.95. The van der Waals surface area contributed by atoms with Gasteiger partial charge in [-0.05, 0) is 13.3 Å². The number of hydrogen-bond donors (Lipinski definition) is 2. The minimum atomic E-state index is 0.299. The normalized spacial score (nSPS) is 11.1. The zero-order valence-electron chi connectivity index (χ0n) is 13.5. The molecule has 3 N–H and O–H groups in total. The molecule has 1 aromatic rings. The standard InChI is InChI=1S/C16H30N4/c1-5-6-7-8-9-10-11-18-16-13(4)14(17)19-15(20-16)12(2)3/h12H,5-11H2,1-4H3,(H3,17,18,19,20). The molecule has 0 aliphatic carbocycles. The first kappa shape index (κ1) is 16.7. The number of rotatable bonds is 9. The van der Waals surface area contributed by atoms with E-state index in [4.69, 9.17) is 5.73 Å². The first-order valence-corrected chi connectivity index (χ1v) is 7.94. The van der Waals surface area contributed by atoms with E-state index in [1.165, 1.54) is 38.5 Å². The third-order valence-corrected chi connectivity index (χ3v) is 3.54. The number of hydrogen-bond acceptors (Lipinski definition) is 4. The smallest absolute Gasteiger partial charge is 0.135 e. The number of nitrogens with zero attached hydrogens (tertiary/aromatic N) is 2. The molecule has 0 unspecified atom stereocenters. The van der Waals surface area contributed by atoms with Crippen molar-refractivity contribution in [3.05, 3.63) is 11.4 Å². The fourth-order valence-electron chi connectivity index (χ4n) is 2.09. The number of nitrogens with one attached hydrogen (secondary N) is 1. The molecule has 4 heteroatoms. The Kier molecular flexibility index (Phi) is 7.34. The van der Waals surface area contributed by atoms with Gasteiger partial charge in [0.1, 0.15) is 17.5 Å². The molecule has 0 spiro atoms. The molecule has 0 aromatic carbocycles. The maximum Gasteiger partial charge on any atom is 0.135 e. The number of aromatic nitrogens is 2. The molecule has 1 aromatic heterocycles. The van der Waals surface area contributed by atoms with Crippen LogP contribution >= 0.6 is 0 Å². The SMILES string of the molecule is CCCCCCCCNc1nc(C(C)C)nc(N)c1C. The number of nitrogens with two attached hydrogens (primary N) is 1. The summed E-state index contributed by atoms with van der Waals surface area (Å²) in [6.45, 7) is 9.35. The molecule has 20 heavy (non-hydrogen) atoms. The lowest BCUT2D eigenvalue weighted by Gasteiger charge is -2.13. The molecule has 0 saturated carbocycles. The van der Waals surface area contributed by atoms with Crippen LogP contribution in [0.4, 0.5) is 11.6 Å². The minimum absolute atomic E-state index is 0.299. The lowest BCUT2D eigenvalue weighted by Crippen LogP contribution is -2.11. The molecule has 0 saturated heterocycles. The molecule has 1 heterocycles. The Morgan fingerprint density at radius 2 is 1.70 bits per heavy atom.